The van der Waals surface area contributed by atoms with Gasteiger partial charge in [0.25, 0.3) is 5.91 Å². The van der Waals surface area contributed by atoms with Crippen LogP contribution in [0.4, 0.5) is 5.69 Å². The van der Waals surface area contributed by atoms with E-state index >= 15 is 0 Å². The lowest BCUT2D eigenvalue weighted by Crippen LogP contribution is -2.30. The van der Waals surface area contributed by atoms with Crippen molar-refractivity contribution in [3.8, 4) is 0 Å². The molecule has 0 heterocycles. The van der Waals surface area contributed by atoms with Gasteiger partial charge in [0.1, 0.15) is 0 Å². The highest BCUT2D eigenvalue weighted by atomic mass is 16.2. The van der Waals surface area contributed by atoms with Crippen LogP contribution in [0.3, 0.4) is 0 Å². The smallest absolute Gasteiger partial charge is 0.251 e. The van der Waals surface area contributed by atoms with Gasteiger partial charge in [0, 0.05) is 36.3 Å². The molecule has 116 valence electrons. The van der Waals surface area contributed by atoms with E-state index < -0.39 is 0 Å². The van der Waals surface area contributed by atoms with Gasteiger partial charge in [-0.25, -0.2) is 0 Å². The molecule has 5 heteroatoms. The van der Waals surface area contributed by atoms with E-state index in [1.807, 2.05) is 27.7 Å². The Bertz CT molecular complexity index is 484. The Labute approximate surface area is 126 Å². The zero-order chi connectivity index (χ0) is 15.8. The molecule has 2 amide bonds. The van der Waals surface area contributed by atoms with Gasteiger partial charge < -0.3 is 16.0 Å². The number of benzene rings is 1. The molecule has 0 radical (unpaired) electrons. The minimum atomic E-state index is -0.137. The first-order chi connectivity index (χ1) is 9.88. The van der Waals surface area contributed by atoms with Gasteiger partial charge in [-0.15, -0.1) is 0 Å². The van der Waals surface area contributed by atoms with Gasteiger partial charge in [-0.05, 0) is 32.0 Å². The summed E-state index contributed by atoms with van der Waals surface area (Å²) in [6, 6.07) is 7.40. The van der Waals surface area contributed by atoms with Crippen molar-refractivity contribution in [2.45, 2.75) is 46.2 Å². The van der Waals surface area contributed by atoms with Crippen molar-refractivity contribution >= 4 is 17.5 Å². The number of carbonyl (C=O) groups excluding carboxylic acids is 2. The Hall–Kier alpha value is -1.88. The van der Waals surface area contributed by atoms with Gasteiger partial charge >= 0.3 is 0 Å². The molecule has 0 spiro atoms. The first kappa shape index (κ1) is 17.2. The molecule has 0 saturated heterocycles. The number of amides is 2. The molecule has 0 bridgehead atoms. The minimum absolute atomic E-state index is 0.0652. The maximum absolute atomic E-state index is 11.9. The fourth-order valence-electron chi connectivity index (χ4n) is 1.78. The monoisotopic (exact) mass is 291 g/mol. The average molecular weight is 291 g/mol. The van der Waals surface area contributed by atoms with Crippen LogP contribution in [0.5, 0.6) is 0 Å². The van der Waals surface area contributed by atoms with Crippen LogP contribution in [0.1, 0.15) is 44.5 Å². The van der Waals surface area contributed by atoms with Gasteiger partial charge in [0.15, 0.2) is 0 Å². The molecular weight excluding hydrogens is 266 g/mol. The van der Waals surface area contributed by atoms with Crippen LogP contribution < -0.4 is 16.0 Å². The number of rotatable bonds is 7. The topological polar surface area (TPSA) is 70.2 Å². The predicted octanol–water partition coefficient (Wildman–Crippen LogP) is 2.15. The van der Waals surface area contributed by atoms with Crippen molar-refractivity contribution in [2.24, 2.45) is 0 Å². The first-order valence-electron chi connectivity index (χ1n) is 7.32. The van der Waals surface area contributed by atoms with E-state index in [0.717, 1.165) is 0 Å². The van der Waals surface area contributed by atoms with Crippen LogP contribution >= 0.6 is 0 Å². The summed E-state index contributed by atoms with van der Waals surface area (Å²) in [6.07, 6.45) is 0.403. The van der Waals surface area contributed by atoms with Crippen molar-refractivity contribution in [1.82, 2.24) is 10.6 Å². The molecule has 0 aliphatic heterocycles. The van der Waals surface area contributed by atoms with Crippen LogP contribution in [0.25, 0.3) is 0 Å². The lowest BCUT2D eigenvalue weighted by Gasteiger charge is -2.11. The SMILES string of the molecule is CC(C)NCCC(=O)Nc1cccc(C(=O)NC(C)C)c1. The molecule has 0 aromatic heterocycles. The third-order valence-electron chi connectivity index (χ3n) is 2.73. The average Bonchev–Trinajstić information content (AvgIpc) is 2.37. The third-order valence-corrected chi connectivity index (χ3v) is 2.73. The summed E-state index contributed by atoms with van der Waals surface area (Å²) in [7, 11) is 0. The molecule has 3 N–H and O–H groups in total. The molecule has 21 heavy (non-hydrogen) atoms. The van der Waals surface area contributed by atoms with Gasteiger partial charge in [0.2, 0.25) is 5.91 Å². The molecule has 0 saturated carbocycles. The lowest BCUT2D eigenvalue weighted by atomic mass is 10.1. The summed E-state index contributed by atoms with van der Waals surface area (Å²) in [5.41, 5.74) is 1.18. The van der Waals surface area contributed by atoms with Crippen molar-refractivity contribution in [2.75, 3.05) is 11.9 Å². The maximum atomic E-state index is 11.9. The maximum Gasteiger partial charge on any atom is 0.251 e. The standard InChI is InChI=1S/C16H25N3O2/c1-11(2)17-9-8-15(20)19-14-7-5-6-13(10-14)16(21)18-12(3)4/h5-7,10-12,17H,8-9H2,1-4H3,(H,18,21)(H,19,20). The Morgan fingerprint density at radius 3 is 2.43 bits per heavy atom. The van der Waals surface area contributed by atoms with Crippen molar-refractivity contribution in [3.63, 3.8) is 0 Å². The van der Waals surface area contributed by atoms with Gasteiger partial charge in [-0.2, -0.15) is 0 Å². The van der Waals surface area contributed by atoms with E-state index in [2.05, 4.69) is 16.0 Å². The van der Waals surface area contributed by atoms with Crippen molar-refractivity contribution in [3.05, 3.63) is 29.8 Å². The lowest BCUT2D eigenvalue weighted by molar-refractivity contribution is -0.116. The van der Waals surface area contributed by atoms with Crippen LogP contribution in [-0.2, 0) is 4.79 Å². The molecule has 0 atom stereocenters. The highest BCUT2D eigenvalue weighted by Crippen LogP contribution is 2.11. The second-order valence-electron chi connectivity index (χ2n) is 5.62. The highest BCUT2D eigenvalue weighted by molar-refractivity contribution is 5.97. The number of hydrogen-bond acceptors (Lipinski definition) is 3. The van der Waals surface area contributed by atoms with Crippen LogP contribution in [0.15, 0.2) is 24.3 Å². The van der Waals surface area contributed by atoms with Crippen molar-refractivity contribution in [1.29, 1.82) is 0 Å². The van der Waals surface area contributed by atoms with Crippen molar-refractivity contribution < 1.29 is 9.59 Å². The van der Waals surface area contributed by atoms with E-state index in [-0.39, 0.29) is 17.9 Å². The fraction of sp³-hybridized carbons (Fsp3) is 0.500. The minimum Gasteiger partial charge on any atom is -0.350 e. The molecule has 1 rings (SSSR count). The highest BCUT2D eigenvalue weighted by Gasteiger charge is 2.08. The Balaban J connectivity index is 2.56. The second-order valence-corrected chi connectivity index (χ2v) is 5.62. The molecular formula is C16H25N3O2. The van der Waals surface area contributed by atoms with E-state index in [1.54, 1.807) is 24.3 Å². The number of carbonyl (C=O) groups is 2. The fourth-order valence-corrected chi connectivity index (χ4v) is 1.78. The van der Waals surface area contributed by atoms with E-state index in [9.17, 15) is 9.59 Å². The van der Waals surface area contributed by atoms with Gasteiger partial charge in [-0.3, -0.25) is 9.59 Å². The Morgan fingerprint density at radius 2 is 1.81 bits per heavy atom. The second kappa shape index (κ2) is 8.42. The quantitative estimate of drug-likeness (QED) is 0.721. The molecule has 0 aliphatic carbocycles. The van der Waals surface area contributed by atoms with Gasteiger partial charge in [0.05, 0.1) is 0 Å². The Morgan fingerprint density at radius 1 is 1.10 bits per heavy atom. The number of anilines is 1. The predicted molar refractivity (Wildman–Crippen MR) is 85.4 cm³/mol. The summed E-state index contributed by atoms with van der Waals surface area (Å²) in [4.78, 5) is 23.7. The number of nitrogens with one attached hydrogen (secondary N) is 3. The van der Waals surface area contributed by atoms with Crippen LogP contribution in [0.2, 0.25) is 0 Å². The van der Waals surface area contributed by atoms with Crippen LogP contribution in [0, 0.1) is 0 Å². The zero-order valence-corrected chi connectivity index (χ0v) is 13.2. The van der Waals surface area contributed by atoms with E-state index in [4.69, 9.17) is 0 Å². The van der Waals surface area contributed by atoms with E-state index in [1.165, 1.54) is 0 Å². The molecule has 1 aromatic carbocycles. The molecule has 0 aliphatic rings. The third kappa shape index (κ3) is 6.90. The molecule has 0 fully saturated rings. The van der Waals surface area contributed by atoms with Gasteiger partial charge in [-0.1, -0.05) is 19.9 Å². The summed E-state index contributed by atoms with van der Waals surface area (Å²) >= 11 is 0. The molecule has 5 nitrogen and oxygen atoms in total. The Kier molecular flexibility index (Phi) is 6.88. The summed E-state index contributed by atoms with van der Waals surface area (Å²) in [5, 5.41) is 8.82. The normalized spacial score (nSPS) is 10.8. The van der Waals surface area contributed by atoms with E-state index in [0.29, 0.717) is 30.3 Å². The molecule has 0 unspecified atom stereocenters. The zero-order valence-electron chi connectivity index (χ0n) is 13.2. The first-order valence-corrected chi connectivity index (χ1v) is 7.32. The summed E-state index contributed by atoms with van der Waals surface area (Å²) < 4.78 is 0. The largest absolute Gasteiger partial charge is 0.350 e. The molecule has 1 aromatic rings. The summed E-state index contributed by atoms with van der Waals surface area (Å²) in [5.74, 6) is -0.202. The number of hydrogen-bond donors (Lipinski definition) is 3. The summed E-state index contributed by atoms with van der Waals surface area (Å²) in [6.45, 7) is 8.52. The van der Waals surface area contributed by atoms with Crippen LogP contribution in [-0.4, -0.2) is 30.4 Å².